The van der Waals surface area contributed by atoms with Gasteiger partial charge < -0.3 is 19.7 Å². The van der Waals surface area contributed by atoms with Crippen LogP contribution in [0, 0.1) is 12.5 Å². The summed E-state index contributed by atoms with van der Waals surface area (Å²) in [6.07, 6.45) is -0.695. The van der Waals surface area contributed by atoms with Crippen LogP contribution >= 0.6 is 0 Å². The van der Waals surface area contributed by atoms with Gasteiger partial charge in [0.15, 0.2) is 5.69 Å². The molecule has 0 bridgehead atoms. The van der Waals surface area contributed by atoms with E-state index in [1.165, 1.54) is 30.5 Å². The third-order valence-corrected chi connectivity index (χ3v) is 10.5. The van der Waals surface area contributed by atoms with Crippen LogP contribution < -0.4 is 25.0 Å². The minimum Gasteiger partial charge on any atom is -0.491 e. The lowest BCUT2D eigenvalue weighted by molar-refractivity contribution is -0.137. The maximum atomic E-state index is 13.4. The van der Waals surface area contributed by atoms with Crippen molar-refractivity contribution in [3.8, 4) is 11.5 Å². The average molecular weight is 774 g/mol. The number of amides is 5. The van der Waals surface area contributed by atoms with Crippen LogP contribution in [0.4, 0.5) is 30.4 Å². The predicted octanol–water partition coefficient (Wildman–Crippen LogP) is 4.83. The van der Waals surface area contributed by atoms with Crippen LogP contribution in [0.5, 0.6) is 11.5 Å². The topological polar surface area (TPSA) is 155 Å². The van der Waals surface area contributed by atoms with Gasteiger partial charge in [-0.3, -0.25) is 39.1 Å². The molecule has 56 heavy (non-hydrogen) atoms. The summed E-state index contributed by atoms with van der Waals surface area (Å²) >= 11 is 0. The fraction of sp³-hybridized carbons (Fsp3) is 0.410. The quantitative estimate of drug-likeness (QED) is 0.216. The van der Waals surface area contributed by atoms with Crippen molar-refractivity contribution in [1.29, 1.82) is 0 Å². The van der Waals surface area contributed by atoms with Gasteiger partial charge in [0.1, 0.15) is 36.1 Å². The summed E-state index contributed by atoms with van der Waals surface area (Å²) in [7, 11) is 0. The van der Waals surface area contributed by atoms with Crippen molar-refractivity contribution in [2.24, 2.45) is 5.92 Å². The molecule has 0 aliphatic carbocycles. The van der Waals surface area contributed by atoms with Gasteiger partial charge in [0, 0.05) is 50.7 Å². The highest BCUT2D eigenvalue weighted by atomic mass is 19.4. The average Bonchev–Trinajstić information content (AvgIpc) is 3.43. The Morgan fingerprint density at radius 3 is 2.32 bits per heavy atom. The Hall–Kier alpha value is -6.02. The lowest BCUT2D eigenvalue weighted by Gasteiger charge is -2.33. The van der Waals surface area contributed by atoms with Gasteiger partial charge in [-0.05, 0) is 74.6 Å². The molecule has 4 aliphatic heterocycles. The van der Waals surface area contributed by atoms with E-state index in [-0.39, 0.29) is 41.9 Å². The molecule has 0 spiro atoms. The van der Waals surface area contributed by atoms with Gasteiger partial charge in [-0.25, -0.2) is 9.83 Å². The van der Waals surface area contributed by atoms with E-state index in [0.717, 1.165) is 36.9 Å². The molecule has 292 valence electrons. The summed E-state index contributed by atoms with van der Waals surface area (Å²) in [5, 5.41) is 5.01. The monoisotopic (exact) mass is 773 g/mol. The maximum Gasteiger partial charge on any atom is 0.407 e. The highest BCUT2D eigenvalue weighted by Gasteiger charge is 2.45. The first-order chi connectivity index (χ1) is 26.9. The first-order valence-corrected chi connectivity index (χ1v) is 18.4. The summed E-state index contributed by atoms with van der Waals surface area (Å²) in [6, 6.07) is 10.7. The van der Waals surface area contributed by atoms with E-state index < -0.39 is 47.1 Å². The highest BCUT2D eigenvalue weighted by Crippen LogP contribution is 2.39. The summed E-state index contributed by atoms with van der Waals surface area (Å²) < 4.78 is 52.3. The van der Waals surface area contributed by atoms with Gasteiger partial charge in [0.2, 0.25) is 17.7 Å². The second-order valence-electron chi connectivity index (χ2n) is 14.1. The number of carbonyl (C=O) groups is 5. The van der Waals surface area contributed by atoms with E-state index in [4.69, 9.17) is 16.0 Å². The summed E-state index contributed by atoms with van der Waals surface area (Å²) in [6.45, 7) is 10.4. The maximum absolute atomic E-state index is 13.4. The van der Waals surface area contributed by atoms with E-state index in [1.807, 2.05) is 0 Å². The van der Waals surface area contributed by atoms with Crippen LogP contribution in [0.2, 0.25) is 0 Å². The first kappa shape index (κ1) is 38.3. The normalized spacial score (nSPS) is 19.7. The number of hydrogen-bond donors (Lipinski definition) is 2. The molecule has 1 aromatic heterocycles. The molecule has 4 aliphatic rings. The minimum atomic E-state index is -4.63. The van der Waals surface area contributed by atoms with Crippen molar-refractivity contribution in [2.75, 3.05) is 49.5 Å². The lowest BCUT2D eigenvalue weighted by Crippen LogP contribution is -2.54. The van der Waals surface area contributed by atoms with Crippen molar-refractivity contribution in [3.05, 3.63) is 82.8 Å². The molecule has 0 saturated carbocycles. The molecule has 3 fully saturated rings. The molecule has 1 unspecified atom stereocenters. The number of anilines is 2. The molecule has 3 aromatic rings. The molecule has 5 amide bonds. The number of pyridine rings is 1. The molecule has 3 saturated heterocycles. The zero-order chi connectivity index (χ0) is 39.6. The second kappa shape index (κ2) is 16.0. The van der Waals surface area contributed by atoms with Gasteiger partial charge in [0.25, 0.3) is 11.8 Å². The number of fused-ring (bicyclic) bond motifs is 1. The molecule has 0 radical (unpaired) electrons. The van der Waals surface area contributed by atoms with Crippen LogP contribution in [0.15, 0.2) is 54.7 Å². The summed E-state index contributed by atoms with van der Waals surface area (Å²) in [4.78, 5) is 75.2. The Morgan fingerprint density at radius 2 is 1.64 bits per heavy atom. The fourth-order valence-corrected chi connectivity index (χ4v) is 7.47. The Bertz CT molecular complexity index is 2070. The van der Waals surface area contributed by atoms with Gasteiger partial charge in [-0.1, -0.05) is 6.07 Å². The fourth-order valence-electron chi connectivity index (χ4n) is 7.47. The predicted molar refractivity (Wildman–Crippen MR) is 194 cm³/mol. The number of nitrogens with zero attached hydrogens (tertiary/aromatic N) is 5. The number of likely N-dealkylation sites (tertiary alicyclic amines) is 1. The van der Waals surface area contributed by atoms with Crippen molar-refractivity contribution >= 4 is 46.7 Å². The SMILES string of the molecule is [C-]#[N+]c1ccc(N2CCC(C(=O)Nc3ccc(OCCN4CCC(Oc5ccc6c(c5)C(=O)N(C5CCC(=O)NC5=O)C6=O)CC4)cn3)CC2)cc1C(F)(F)F. The van der Waals surface area contributed by atoms with E-state index in [2.05, 4.69) is 25.4 Å². The van der Waals surface area contributed by atoms with E-state index >= 15 is 0 Å². The molecule has 1 atom stereocenters. The third-order valence-electron chi connectivity index (χ3n) is 10.5. The van der Waals surface area contributed by atoms with Crippen LogP contribution in [0.25, 0.3) is 4.85 Å². The van der Waals surface area contributed by atoms with Crippen molar-refractivity contribution < 1.29 is 46.6 Å². The zero-order valence-electron chi connectivity index (χ0n) is 30.1. The molecular weight excluding hydrogens is 735 g/mol. The number of imide groups is 2. The smallest absolute Gasteiger partial charge is 0.407 e. The van der Waals surface area contributed by atoms with Crippen molar-refractivity contribution in [1.82, 2.24) is 20.1 Å². The number of piperidine rings is 3. The zero-order valence-corrected chi connectivity index (χ0v) is 30.1. The largest absolute Gasteiger partial charge is 0.491 e. The Kier molecular flexibility index (Phi) is 10.9. The second-order valence-corrected chi connectivity index (χ2v) is 14.1. The number of alkyl halides is 3. The summed E-state index contributed by atoms with van der Waals surface area (Å²) in [5.74, 6) is -1.42. The third kappa shape index (κ3) is 8.30. The number of halogens is 3. The molecule has 7 rings (SSSR count). The number of aromatic nitrogens is 1. The van der Waals surface area contributed by atoms with Crippen molar-refractivity contribution in [3.63, 3.8) is 0 Å². The van der Waals surface area contributed by atoms with E-state index in [0.29, 0.717) is 62.1 Å². The standard InChI is InChI=1S/C39H38F3N7O7/c1-43-31-6-2-24(20-30(31)39(40,41)42)48-16-10-23(11-17-48)35(51)45-33-8-4-27(22-44-33)55-19-18-47-14-12-25(13-15-47)56-26-3-5-28-29(21-26)38(54)49(37(28)53)32-7-9-34(50)46-36(32)52/h2-6,8,20-23,25,32H,7,9-19H2,(H,44,45,51)(H,46,50,52). The van der Waals surface area contributed by atoms with Gasteiger partial charge in [0.05, 0.1) is 29.5 Å². The Balaban J connectivity index is 0.813. The van der Waals surface area contributed by atoms with Crippen LogP contribution in [0.3, 0.4) is 0 Å². The molecule has 14 nitrogen and oxygen atoms in total. The van der Waals surface area contributed by atoms with Gasteiger partial charge in [-0.2, -0.15) is 13.2 Å². The number of nitrogens with one attached hydrogen (secondary N) is 2. The first-order valence-electron chi connectivity index (χ1n) is 18.4. The van der Waals surface area contributed by atoms with E-state index in [9.17, 15) is 37.1 Å². The number of rotatable bonds is 10. The Labute approximate surface area is 319 Å². The van der Waals surface area contributed by atoms with Crippen LogP contribution in [-0.2, 0) is 20.6 Å². The number of benzene rings is 2. The number of hydrogen-bond acceptors (Lipinski definition) is 10. The lowest BCUT2D eigenvalue weighted by atomic mass is 9.95. The summed E-state index contributed by atoms with van der Waals surface area (Å²) in [5.41, 5.74) is -0.666. The van der Waals surface area contributed by atoms with Gasteiger partial charge >= 0.3 is 6.18 Å². The molecule has 5 heterocycles. The van der Waals surface area contributed by atoms with E-state index in [1.54, 1.807) is 23.1 Å². The van der Waals surface area contributed by atoms with Crippen LogP contribution in [-0.4, -0.2) is 95.8 Å². The van der Waals surface area contributed by atoms with Crippen LogP contribution in [0.1, 0.15) is 64.8 Å². The molecule has 2 aromatic carbocycles. The molecule has 17 heteroatoms. The Morgan fingerprint density at radius 1 is 0.911 bits per heavy atom. The molecular formula is C39H38F3N7O7. The molecule has 2 N–H and O–H groups in total. The van der Waals surface area contributed by atoms with Gasteiger partial charge in [-0.15, -0.1) is 0 Å². The highest BCUT2D eigenvalue weighted by molar-refractivity contribution is 6.23. The minimum absolute atomic E-state index is 0.0497. The van der Waals surface area contributed by atoms with Crippen molar-refractivity contribution in [2.45, 2.75) is 56.8 Å². The number of carbonyl (C=O) groups excluding carboxylic acids is 5. The number of ether oxygens (including phenoxy) is 2.